The zero-order valence-electron chi connectivity index (χ0n) is 22.3. The highest BCUT2D eigenvalue weighted by Gasteiger charge is 2.59. The van der Waals surface area contributed by atoms with Crippen molar-refractivity contribution < 1.29 is 47.7 Å². The molecule has 1 aromatic rings. The monoisotopic (exact) mass is 632 g/mol. The second-order valence-corrected chi connectivity index (χ2v) is 9.56. The van der Waals surface area contributed by atoms with Gasteiger partial charge in [-0.3, -0.25) is 0 Å². The lowest BCUT2D eigenvalue weighted by Crippen LogP contribution is -2.51. The summed E-state index contributed by atoms with van der Waals surface area (Å²) in [5, 5.41) is 0.646. The maximum atomic E-state index is 13.8. The summed E-state index contributed by atoms with van der Waals surface area (Å²) in [5.41, 5.74) is 1.60. The van der Waals surface area contributed by atoms with Crippen LogP contribution in [0.4, 0.5) is 0 Å². The van der Waals surface area contributed by atoms with Crippen LogP contribution in [-0.2, 0) is 53.3 Å². The molecule has 222 valence electrons. The summed E-state index contributed by atoms with van der Waals surface area (Å²) in [4.78, 5) is 58.6. The third kappa shape index (κ3) is 6.69. The Labute approximate surface area is 250 Å². The third-order valence-corrected chi connectivity index (χ3v) is 6.83. The highest BCUT2D eigenvalue weighted by atomic mass is 35.5. The summed E-state index contributed by atoms with van der Waals surface area (Å²) in [6, 6.07) is 2.59. The minimum Gasteiger partial charge on any atom is -0.465 e. The summed E-state index contributed by atoms with van der Waals surface area (Å²) in [7, 11) is 1.07. The van der Waals surface area contributed by atoms with E-state index < -0.39 is 47.2 Å². The quantitative estimate of drug-likeness (QED) is 0.165. The van der Waals surface area contributed by atoms with Gasteiger partial charge in [-0.15, -0.1) is 0 Å². The molecule has 0 amide bonds. The number of halogens is 3. The molecule has 1 aromatic carbocycles. The Balaban J connectivity index is 2.47. The molecule has 1 atom stereocenters. The summed E-state index contributed by atoms with van der Waals surface area (Å²) in [5.74, 6) is -4.32. The van der Waals surface area contributed by atoms with Crippen molar-refractivity contribution >= 4 is 58.7 Å². The normalized spacial score (nSPS) is 19.6. The number of carbonyl (C=O) groups is 4. The fourth-order valence-electron chi connectivity index (χ4n) is 4.25. The molecule has 2 bridgehead atoms. The van der Waals surface area contributed by atoms with E-state index >= 15 is 0 Å². The number of nitrogens with zero attached hydrogens (tertiary/aromatic N) is 1. The topological polar surface area (TPSA) is 153 Å². The molecule has 0 aliphatic carbocycles. The van der Waals surface area contributed by atoms with Crippen molar-refractivity contribution in [3.63, 3.8) is 0 Å². The Morgan fingerprint density at radius 3 is 2.34 bits per heavy atom. The number of fused-ring (bicyclic) bond motifs is 4. The van der Waals surface area contributed by atoms with E-state index in [1.54, 1.807) is 0 Å². The lowest BCUT2D eigenvalue weighted by molar-refractivity contribution is -0.177. The number of esters is 3. The highest BCUT2D eigenvalue weighted by molar-refractivity contribution is 6.44. The van der Waals surface area contributed by atoms with Gasteiger partial charge in [0.05, 0.1) is 61.6 Å². The Kier molecular flexibility index (Phi) is 11.2. The van der Waals surface area contributed by atoms with E-state index in [1.807, 2.05) is 0 Å². The van der Waals surface area contributed by atoms with Crippen LogP contribution >= 0.6 is 34.8 Å². The first kappa shape index (κ1) is 32.4. The number of rotatable bonds is 11. The first-order chi connectivity index (χ1) is 19.5. The largest absolute Gasteiger partial charge is 0.465 e. The number of nitrogens with two attached hydrogens (primary N) is 1. The molecule has 3 aliphatic heterocycles. The molecule has 1 unspecified atom stereocenters. The van der Waals surface area contributed by atoms with Crippen molar-refractivity contribution in [1.82, 2.24) is 5.06 Å². The number of carbonyl (C=O) groups excluding carboxylic acids is 4. The minimum atomic E-state index is -2.47. The van der Waals surface area contributed by atoms with Gasteiger partial charge in [0.2, 0.25) is 5.60 Å². The molecule has 12 nitrogen and oxygen atoms in total. The van der Waals surface area contributed by atoms with E-state index in [2.05, 4.69) is 0 Å². The van der Waals surface area contributed by atoms with Crippen molar-refractivity contribution in [3.8, 4) is 0 Å². The predicted octanol–water partition coefficient (Wildman–Crippen LogP) is 2.99. The number of hydrogen-bond donors (Lipinski definition) is 1. The molecule has 0 spiro atoms. The maximum absolute atomic E-state index is 13.8. The van der Waals surface area contributed by atoms with Gasteiger partial charge >= 0.3 is 23.9 Å². The van der Waals surface area contributed by atoms with Gasteiger partial charge in [-0.05, 0) is 26.0 Å². The summed E-state index contributed by atoms with van der Waals surface area (Å²) < 4.78 is 27.4. The number of hydroxylamine groups is 2. The molecule has 0 aromatic heterocycles. The number of ether oxygens (including phenoxy) is 5. The zero-order chi connectivity index (χ0) is 30.3. The van der Waals surface area contributed by atoms with E-state index in [0.29, 0.717) is 6.54 Å². The van der Waals surface area contributed by atoms with Gasteiger partial charge in [-0.25, -0.2) is 19.2 Å². The molecule has 0 fully saturated rings. The first-order valence-electron chi connectivity index (χ1n) is 12.2. The Morgan fingerprint density at radius 1 is 1.00 bits per heavy atom. The van der Waals surface area contributed by atoms with Crippen LogP contribution in [-0.4, -0.2) is 75.6 Å². The molecule has 0 saturated carbocycles. The molecule has 15 heteroatoms. The fourth-order valence-corrected chi connectivity index (χ4v) is 4.99. The van der Waals surface area contributed by atoms with Crippen LogP contribution in [0.2, 0.25) is 15.1 Å². The van der Waals surface area contributed by atoms with Crippen LogP contribution in [0.5, 0.6) is 0 Å². The van der Waals surface area contributed by atoms with Gasteiger partial charge < -0.3 is 34.3 Å². The number of hydrogen-bond acceptors (Lipinski definition) is 12. The van der Waals surface area contributed by atoms with Crippen molar-refractivity contribution in [3.05, 3.63) is 67.5 Å². The summed E-state index contributed by atoms with van der Waals surface area (Å²) >= 11 is 19.3. The lowest BCUT2D eigenvalue weighted by Gasteiger charge is -2.44. The summed E-state index contributed by atoms with van der Waals surface area (Å²) in [6.07, 6.45) is 1.56. The second-order valence-electron chi connectivity index (χ2n) is 8.34. The smallest absolute Gasteiger partial charge is 0.356 e. The third-order valence-electron chi connectivity index (χ3n) is 5.81. The lowest BCUT2D eigenvalue weighted by atomic mass is 9.75. The molecule has 0 saturated heterocycles. The predicted molar refractivity (Wildman–Crippen MR) is 145 cm³/mol. The van der Waals surface area contributed by atoms with Crippen LogP contribution < -0.4 is 5.73 Å². The van der Waals surface area contributed by atoms with Crippen LogP contribution in [0.15, 0.2) is 46.8 Å². The molecule has 0 radical (unpaired) electrons. The molecule has 2 N–H and O–H groups in total. The number of methoxy groups -OCH3 is 1. The van der Waals surface area contributed by atoms with E-state index in [1.165, 1.54) is 26.0 Å². The van der Waals surface area contributed by atoms with Gasteiger partial charge in [0.1, 0.15) is 11.1 Å². The van der Waals surface area contributed by atoms with Crippen molar-refractivity contribution in [2.75, 3.05) is 46.7 Å². The van der Waals surface area contributed by atoms with Crippen LogP contribution in [0.3, 0.4) is 0 Å². The summed E-state index contributed by atoms with van der Waals surface area (Å²) in [6.45, 7) is 3.10. The number of benzene rings is 1. The van der Waals surface area contributed by atoms with E-state index in [-0.39, 0.29) is 58.5 Å². The van der Waals surface area contributed by atoms with E-state index in [9.17, 15) is 19.2 Å². The molecular formula is C26H27Cl3N2O10. The van der Waals surface area contributed by atoms with Crippen molar-refractivity contribution in [2.45, 2.75) is 19.4 Å². The Hall–Kier alpha value is -3.13. The van der Waals surface area contributed by atoms with Gasteiger partial charge in [0.25, 0.3) is 0 Å². The standard InChI is InChI=1S/C26H27Cl3N2O10/c1-4-39-25(35)22-18(13-38-10-9-37-8-7-30)31-14(2)21(24(34)36-3)26(22,40-19(32)5-6-20(33)41-31)16-11-15(27)12-17(28)23(16)29/h5-6,11-12H,4,7-10,13,30H2,1-3H3/b6-5+. The molecule has 3 heterocycles. The van der Waals surface area contributed by atoms with Crippen LogP contribution in [0.1, 0.15) is 19.4 Å². The SMILES string of the molecule is CCOC(=O)C1=C(COCCOCCN)N2OC(=O)/C=C/C(=O)OC1(c1cc(Cl)cc(Cl)c1Cl)C(C(=O)OC)=C2C. The van der Waals surface area contributed by atoms with E-state index in [4.69, 9.17) is 69.1 Å². The van der Waals surface area contributed by atoms with Crippen LogP contribution in [0.25, 0.3) is 0 Å². The second kappa shape index (κ2) is 14.2. The number of allylic oxidation sites excluding steroid dienone is 1. The van der Waals surface area contributed by atoms with Gasteiger partial charge in [-0.2, -0.15) is 5.06 Å². The molecule has 3 aliphatic rings. The van der Waals surface area contributed by atoms with Gasteiger partial charge in [0, 0.05) is 29.3 Å². The fraction of sp³-hybridized carbons (Fsp3) is 0.385. The van der Waals surface area contributed by atoms with Crippen molar-refractivity contribution in [1.29, 1.82) is 0 Å². The van der Waals surface area contributed by atoms with Gasteiger partial charge in [0.15, 0.2) is 0 Å². The van der Waals surface area contributed by atoms with Crippen LogP contribution in [0, 0.1) is 0 Å². The molecular weight excluding hydrogens is 607 g/mol. The maximum Gasteiger partial charge on any atom is 0.356 e. The molecule has 41 heavy (non-hydrogen) atoms. The Bertz CT molecular complexity index is 1330. The first-order valence-corrected chi connectivity index (χ1v) is 13.3. The average Bonchev–Trinajstić information content (AvgIpc) is 2.92. The highest BCUT2D eigenvalue weighted by Crippen LogP contribution is 2.53. The average molecular weight is 634 g/mol. The minimum absolute atomic E-state index is 0.0183. The van der Waals surface area contributed by atoms with Gasteiger partial charge in [-0.1, -0.05) is 34.8 Å². The van der Waals surface area contributed by atoms with Crippen molar-refractivity contribution in [2.24, 2.45) is 5.73 Å². The molecule has 4 rings (SSSR count). The Morgan fingerprint density at radius 2 is 1.68 bits per heavy atom. The van der Waals surface area contributed by atoms with E-state index in [0.717, 1.165) is 24.3 Å². The zero-order valence-corrected chi connectivity index (χ0v) is 24.6.